The molecule has 0 unspecified atom stereocenters. The molecule has 0 spiro atoms. The van der Waals surface area contributed by atoms with Gasteiger partial charge in [-0.25, -0.2) is 13.1 Å². The predicted molar refractivity (Wildman–Crippen MR) is 118 cm³/mol. The summed E-state index contributed by atoms with van der Waals surface area (Å²) in [7, 11) is -2.87. The average molecular weight is 511 g/mol. The fourth-order valence-corrected chi connectivity index (χ4v) is 5.56. The molecule has 2 aromatic heterocycles. The van der Waals surface area contributed by atoms with Crippen molar-refractivity contribution < 1.29 is 31.9 Å². The summed E-state index contributed by atoms with van der Waals surface area (Å²) in [6, 6.07) is 4.84. The van der Waals surface area contributed by atoms with E-state index >= 15 is 0 Å². The van der Waals surface area contributed by atoms with Crippen LogP contribution in [0, 0.1) is 18.3 Å². The van der Waals surface area contributed by atoms with Crippen LogP contribution < -0.4 is 24.2 Å². The van der Waals surface area contributed by atoms with Gasteiger partial charge in [0.15, 0.2) is 11.5 Å². The van der Waals surface area contributed by atoms with E-state index in [1.165, 1.54) is 18.6 Å². The number of halogens is 1. The molecule has 14 heteroatoms. The van der Waals surface area contributed by atoms with Crippen LogP contribution in [0.4, 0.5) is 11.6 Å². The van der Waals surface area contributed by atoms with Gasteiger partial charge in [0.25, 0.3) is 21.8 Å². The Bertz CT molecular complexity index is 1390. The molecule has 1 aliphatic heterocycles. The first kappa shape index (κ1) is 22.7. The normalized spacial score (nSPS) is 12.3. The number of nitriles is 1. The number of carbonyl (C=O) groups excluding carboxylic acids is 1. The molecule has 2 N–H and O–H groups in total. The van der Waals surface area contributed by atoms with Crippen molar-refractivity contribution in [2.45, 2.75) is 18.2 Å². The Morgan fingerprint density at radius 2 is 2.21 bits per heavy atom. The second-order valence-corrected chi connectivity index (χ2v) is 9.54. The molecule has 0 saturated carbocycles. The van der Waals surface area contributed by atoms with Crippen molar-refractivity contribution in [2.24, 2.45) is 0 Å². The number of aromatic nitrogens is 1. The second-order valence-electron chi connectivity index (χ2n) is 6.60. The van der Waals surface area contributed by atoms with Gasteiger partial charge < -0.3 is 24.1 Å². The smallest absolute Gasteiger partial charge is 0.267 e. The molecule has 1 aromatic carbocycles. The fraction of sp³-hybridized carbons (Fsp3) is 0.211. The van der Waals surface area contributed by atoms with Crippen LogP contribution in [-0.2, 0) is 16.4 Å². The van der Waals surface area contributed by atoms with Crippen molar-refractivity contribution in [1.29, 1.82) is 5.26 Å². The van der Waals surface area contributed by atoms with Gasteiger partial charge in [0.2, 0.25) is 12.5 Å². The number of anilines is 2. The van der Waals surface area contributed by atoms with E-state index in [1.807, 2.05) is 6.07 Å². The number of methoxy groups -OCH3 is 1. The number of nitrogens with zero attached hydrogens (tertiary/aromatic N) is 2. The topological polar surface area (TPSA) is 153 Å². The third-order valence-electron chi connectivity index (χ3n) is 4.56. The predicted octanol–water partition coefficient (Wildman–Crippen LogP) is 3.55. The zero-order valence-corrected chi connectivity index (χ0v) is 19.5. The van der Waals surface area contributed by atoms with Crippen LogP contribution in [0.15, 0.2) is 26.9 Å². The molecule has 33 heavy (non-hydrogen) atoms. The molecule has 0 saturated heterocycles. The molecular weight excluding hydrogens is 496 g/mol. The lowest BCUT2D eigenvalue weighted by molar-refractivity contribution is 0.102. The standard InChI is InChI=1S/C19H15ClN4O7S2/c1-9-13(20)19(31-23-9)24-33(26,27)12-4-6-32-17(12)18(25)22-14-10(3-5-21)7-11-15(16(14)28-2)30-8-29-11/h4,6-7,24H,3,8H2,1-2H3,(H,22,25). The summed E-state index contributed by atoms with van der Waals surface area (Å²) in [6.45, 7) is 1.50. The lowest BCUT2D eigenvalue weighted by Crippen LogP contribution is -2.19. The number of hydrogen-bond donors (Lipinski definition) is 2. The van der Waals surface area contributed by atoms with Crippen LogP contribution in [0.1, 0.15) is 20.9 Å². The Morgan fingerprint density at radius 1 is 1.42 bits per heavy atom. The third kappa shape index (κ3) is 4.15. The Morgan fingerprint density at radius 3 is 2.88 bits per heavy atom. The third-order valence-corrected chi connectivity index (χ3v) is 7.42. The Kier molecular flexibility index (Phi) is 6.07. The van der Waals surface area contributed by atoms with E-state index in [1.54, 1.807) is 13.0 Å². The molecule has 0 radical (unpaired) electrons. The van der Waals surface area contributed by atoms with Crippen molar-refractivity contribution in [2.75, 3.05) is 23.9 Å². The number of thiophene rings is 1. The number of nitrogens with one attached hydrogen (secondary N) is 2. The highest BCUT2D eigenvalue weighted by Crippen LogP contribution is 2.48. The van der Waals surface area contributed by atoms with Crippen LogP contribution in [0.25, 0.3) is 0 Å². The molecule has 3 heterocycles. The highest BCUT2D eigenvalue weighted by molar-refractivity contribution is 7.93. The van der Waals surface area contributed by atoms with E-state index in [2.05, 4.69) is 15.2 Å². The second kappa shape index (κ2) is 8.81. The van der Waals surface area contributed by atoms with Gasteiger partial charge in [-0.05, 0) is 30.0 Å². The van der Waals surface area contributed by atoms with Crippen LogP contribution in [0.5, 0.6) is 17.2 Å². The van der Waals surface area contributed by atoms with E-state index in [0.29, 0.717) is 17.0 Å². The number of amides is 1. The van der Waals surface area contributed by atoms with Gasteiger partial charge in [0.1, 0.15) is 20.5 Å². The van der Waals surface area contributed by atoms with E-state index in [-0.39, 0.29) is 51.1 Å². The maximum Gasteiger partial charge on any atom is 0.267 e. The number of aryl methyl sites for hydroxylation is 1. The highest BCUT2D eigenvalue weighted by Gasteiger charge is 2.30. The summed E-state index contributed by atoms with van der Waals surface area (Å²) >= 11 is 6.90. The van der Waals surface area contributed by atoms with Gasteiger partial charge in [0.05, 0.1) is 25.3 Å². The largest absolute Gasteiger partial charge is 0.491 e. The summed E-state index contributed by atoms with van der Waals surface area (Å²) in [4.78, 5) is 12.7. The SMILES string of the molecule is COc1c(NC(=O)c2sccc2S(=O)(=O)Nc2onc(C)c2Cl)c(CC#N)cc2c1OCO2. The number of carbonyl (C=O) groups is 1. The van der Waals surface area contributed by atoms with Crippen LogP contribution in [-0.4, -0.2) is 33.4 Å². The number of ether oxygens (including phenoxy) is 3. The summed E-state index contributed by atoms with van der Waals surface area (Å²) in [6.07, 6.45) is -0.0664. The van der Waals surface area contributed by atoms with Gasteiger partial charge in [-0.2, -0.15) is 5.26 Å². The number of sulfonamides is 1. The Balaban J connectivity index is 1.69. The first-order valence-electron chi connectivity index (χ1n) is 9.16. The minimum absolute atomic E-state index is 0.00560. The molecule has 1 aliphatic rings. The fourth-order valence-electron chi connectivity index (χ4n) is 3.06. The quantitative estimate of drug-likeness (QED) is 0.485. The minimum Gasteiger partial charge on any atom is -0.491 e. The zero-order valence-electron chi connectivity index (χ0n) is 17.1. The van der Waals surface area contributed by atoms with Crippen molar-refractivity contribution >= 4 is 50.4 Å². The molecule has 4 rings (SSSR count). The van der Waals surface area contributed by atoms with Crippen molar-refractivity contribution in [1.82, 2.24) is 5.16 Å². The summed E-state index contributed by atoms with van der Waals surface area (Å²) in [5.74, 6) is -0.197. The first-order valence-corrected chi connectivity index (χ1v) is 11.9. The molecule has 3 aromatic rings. The summed E-state index contributed by atoms with van der Waals surface area (Å²) < 4.78 is 49.1. The number of fused-ring (bicyclic) bond motifs is 1. The monoisotopic (exact) mass is 510 g/mol. The maximum absolute atomic E-state index is 13.1. The van der Waals surface area contributed by atoms with E-state index in [4.69, 9.17) is 30.3 Å². The Labute approximate surface area is 196 Å². The van der Waals surface area contributed by atoms with Crippen molar-refractivity contribution in [3.63, 3.8) is 0 Å². The molecule has 1 amide bonds. The van der Waals surface area contributed by atoms with E-state index < -0.39 is 15.9 Å². The van der Waals surface area contributed by atoms with Crippen molar-refractivity contribution in [3.05, 3.63) is 38.7 Å². The summed E-state index contributed by atoms with van der Waals surface area (Å²) in [5, 5.41) is 16.9. The minimum atomic E-state index is -4.24. The van der Waals surface area contributed by atoms with E-state index in [9.17, 15) is 18.5 Å². The zero-order chi connectivity index (χ0) is 23.8. The molecule has 0 bridgehead atoms. The average Bonchev–Trinajstić information content (AvgIpc) is 3.51. The van der Waals surface area contributed by atoms with Crippen LogP contribution >= 0.6 is 22.9 Å². The lowest BCUT2D eigenvalue weighted by atomic mass is 10.1. The van der Waals surface area contributed by atoms with Gasteiger partial charge in [0, 0.05) is 0 Å². The van der Waals surface area contributed by atoms with Gasteiger partial charge in [-0.3, -0.25) is 4.79 Å². The molecular formula is C19H15ClN4O7S2. The number of benzene rings is 1. The number of rotatable bonds is 7. The first-order chi connectivity index (χ1) is 15.8. The lowest BCUT2D eigenvalue weighted by Gasteiger charge is -2.16. The molecule has 0 fully saturated rings. The van der Waals surface area contributed by atoms with E-state index in [0.717, 1.165) is 11.3 Å². The highest BCUT2D eigenvalue weighted by atomic mass is 35.5. The number of hydrogen-bond acceptors (Lipinski definition) is 10. The molecule has 0 atom stereocenters. The summed E-state index contributed by atoms with van der Waals surface area (Å²) in [5.41, 5.74) is 0.888. The van der Waals surface area contributed by atoms with Gasteiger partial charge in [-0.1, -0.05) is 16.8 Å². The van der Waals surface area contributed by atoms with Crippen molar-refractivity contribution in [3.8, 4) is 23.3 Å². The van der Waals surface area contributed by atoms with Gasteiger partial charge in [-0.15, -0.1) is 11.3 Å². The Hall–Kier alpha value is -3.47. The molecule has 172 valence electrons. The maximum atomic E-state index is 13.1. The van der Waals surface area contributed by atoms with Gasteiger partial charge >= 0.3 is 0 Å². The van der Waals surface area contributed by atoms with Crippen LogP contribution in [0.2, 0.25) is 5.02 Å². The molecule has 11 nitrogen and oxygen atoms in total. The molecule has 0 aliphatic carbocycles. The van der Waals surface area contributed by atoms with Crippen LogP contribution in [0.3, 0.4) is 0 Å².